The molecule has 1 aromatic carbocycles. The molecule has 1 amide bonds. The minimum absolute atomic E-state index is 0.0140. The monoisotopic (exact) mass is 314 g/mol. The number of rotatable bonds is 7. The highest BCUT2D eigenvalue weighted by atomic mass is 32.2. The molecule has 0 saturated carbocycles. The van der Waals surface area contributed by atoms with Crippen molar-refractivity contribution in [2.45, 2.75) is 19.6 Å². The van der Waals surface area contributed by atoms with Gasteiger partial charge in [0.2, 0.25) is 15.9 Å². The fourth-order valence-corrected chi connectivity index (χ4v) is 2.74. The average Bonchev–Trinajstić information content (AvgIpc) is 2.36. The Labute approximate surface area is 123 Å². The van der Waals surface area contributed by atoms with E-state index in [-0.39, 0.29) is 17.9 Å². The van der Waals surface area contributed by atoms with Crippen molar-refractivity contribution < 1.29 is 23.1 Å². The number of aromatic carboxylic acids is 1. The van der Waals surface area contributed by atoms with Crippen molar-refractivity contribution in [3.63, 3.8) is 0 Å². The first-order valence-electron chi connectivity index (χ1n) is 6.13. The van der Waals surface area contributed by atoms with Crippen molar-refractivity contribution in [2.75, 3.05) is 6.54 Å². The van der Waals surface area contributed by atoms with Crippen LogP contribution in [0.2, 0.25) is 0 Å². The lowest BCUT2D eigenvalue weighted by atomic mass is 9.93. The summed E-state index contributed by atoms with van der Waals surface area (Å²) < 4.78 is 26.2. The molecule has 0 aliphatic carbocycles. The molecular weight excluding hydrogens is 296 g/mol. The Balaban J connectivity index is 2.80. The van der Waals surface area contributed by atoms with E-state index in [2.05, 4.69) is 4.72 Å². The second-order valence-corrected chi connectivity index (χ2v) is 7.14. The molecule has 116 valence electrons. The zero-order valence-corrected chi connectivity index (χ0v) is 12.6. The molecule has 0 atom stereocenters. The van der Waals surface area contributed by atoms with Crippen LogP contribution >= 0.6 is 0 Å². The second kappa shape index (κ2) is 6.23. The first kappa shape index (κ1) is 17.1. The van der Waals surface area contributed by atoms with Gasteiger partial charge in [0.1, 0.15) is 0 Å². The van der Waals surface area contributed by atoms with Crippen molar-refractivity contribution in [2.24, 2.45) is 11.1 Å². The Kier molecular flexibility index (Phi) is 5.08. The maximum absolute atomic E-state index is 11.9. The van der Waals surface area contributed by atoms with Gasteiger partial charge in [-0.1, -0.05) is 12.1 Å². The van der Waals surface area contributed by atoms with Gasteiger partial charge in [0.25, 0.3) is 0 Å². The van der Waals surface area contributed by atoms with Crippen LogP contribution in [0.5, 0.6) is 0 Å². The van der Waals surface area contributed by atoms with Crippen molar-refractivity contribution in [1.29, 1.82) is 0 Å². The molecule has 0 fully saturated rings. The van der Waals surface area contributed by atoms with Gasteiger partial charge in [-0.15, -0.1) is 0 Å². The molecule has 0 spiro atoms. The summed E-state index contributed by atoms with van der Waals surface area (Å²) in [7, 11) is -3.69. The highest BCUT2D eigenvalue weighted by molar-refractivity contribution is 7.88. The van der Waals surface area contributed by atoms with Crippen LogP contribution in [0.25, 0.3) is 0 Å². The Bertz CT molecular complexity index is 652. The highest BCUT2D eigenvalue weighted by Gasteiger charge is 2.27. The van der Waals surface area contributed by atoms with E-state index in [0.29, 0.717) is 5.56 Å². The van der Waals surface area contributed by atoms with E-state index in [1.807, 2.05) is 0 Å². The molecule has 0 aliphatic heterocycles. The second-order valence-electron chi connectivity index (χ2n) is 5.33. The van der Waals surface area contributed by atoms with Gasteiger partial charge in [0.15, 0.2) is 0 Å². The molecule has 0 bridgehead atoms. The highest BCUT2D eigenvalue weighted by Crippen LogP contribution is 2.14. The lowest BCUT2D eigenvalue weighted by molar-refractivity contribution is -0.125. The summed E-state index contributed by atoms with van der Waals surface area (Å²) in [5.74, 6) is -2.11. The van der Waals surface area contributed by atoms with E-state index >= 15 is 0 Å². The summed E-state index contributed by atoms with van der Waals surface area (Å²) in [5, 5.41) is 8.86. The van der Waals surface area contributed by atoms with E-state index in [1.165, 1.54) is 38.1 Å². The summed E-state index contributed by atoms with van der Waals surface area (Å²) in [5.41, 5.74) is 4.52. The molecule has 4 N–H and O–H groups in total. The first-order valence-corrected chi connectivity index (χ1v) is 7.78. The van der Waals surface area contributed by atoms with Crippen LogP contribution < -0.4 is 10.5 Å². The maximum Gasteiger partial charge on any atom is 0.335 e. The third-order valence-corrected chi connectivity index (χ3v) is 4.23. The summed E-state index contributed by atoms with van der Waals surface area (Å²) in [6.45, 7) is 2.94. The third-order valence-electron chi connectivity index (χ3n) is 2.93. The van der Waals surface area contributed by atoms with Gasteiger partial charge >= 0.3 is 5.97 Å². The van der Waals surface area contributed by atoms with Crippen LogP contribution in [0, 0.1) is 5.41 Å². The van der Waals surface area contributed by atoms with Gasteiger partial charge in [-0.2, -0.15) is 0 Å². The number of carboxylic acid groups (broad SMARTS) is 1. The number of primary amides is 1. The van der Waals surface area contributed by atoms with E-state index in [1.54, 1.807) is 0 Å². The van der Waals surface area contributed by atoms with Gasteiger partial charge in [-0.05, 0) is 31.5 Å². The number of carboxylic acids is 1. The number of hydrogen-bond acceptors (Lipinski definition) is 4. The van der Waals surface area contributed by atoms with Crippen LogP contribution in [-0.4, -0.2) is 31.9 Å². The summed E-state index contributed by atoms with van der Waals surface area (Å²) >= 11 is 0. The van der Waals surface area contributed by atoms with E-state index in [9.17, 15) is 18.0 Å². The largest absolute Gasteiger partial charge is 0.478 e. The van der Waals surface area contributed by atoms with Crippen LogP contribution in [-0.2, 0) is 20.6 Å². The minimum atomic E-state index is -3.69. The Morgan fingerprint density at radius 2 is 1.95 bits per heavy atom. The molecule has 0 heterocycles. The zero-order valence-electron chi connectivity index (χ0n) is 11.8. The van der Waals surface area contributed by atoms with Crippen LogP contribution in [0.1, 0.15) is 29.8 Å². The molecule has 8 heteroatoms. The smallest absolute Gasteiger partial charge is 0.335 e. The number of carbonyl (C=O) groups excluding carboxylic acids is 1. The van der Waals surface area contributed by atoms with E-state index in [0.717, 1.165) is 0 Å². The van der Waals surface area contributed by atoms with Crippen molar-refractivity contribution >= 4 is 21.9 Å². The average molecular weight is 314 g/mol. The number of hydrogen-bond donors (Lipinski definition) is 3. The minimum Gasteiger partial charge on any atom is -0.478 e. The quantitative estimate of drug-likeness (QED) is 0.668. The normalized spacial score (nSPS) is 12.1. The number of nitrogens with two attached hydrogens (primary N) is 1. The first-order chi connectivity index (χ1) is 9.53. The summed E-state index contributed by atoms with van der Waals surface area (Å²) in [4.78, 5) is 22.0. The molecule has 0 aromatic heterocycles. The molecule has 0 saturated heterocycles. The van der Waals surface area contributed by atoms with Gasteiger partial charge in [0, 0.05) is 6.54 Å². The lowest BCUT2D eigenvalue weighted by Gasteiger charge is -2.20. The molecule has 7 nitrogen and oxygen atoms in total. The molecule has 0 unspecified atom stereocenters. The molecule has 1 rings (SSSR count). The van der Waals surface area contributed by atoms with Crippen LogP contribution in [0.15, 0.2) is 24.3 Å². The number of sulfonamides is 1. The van der Waals surface area contributed by atoms with Gasteiger partial charge in [0.05, 0.1) is 16.7 Å². The maximum atomic E-state index is 11.9. The summed E-state index contributed by atoms with van der Waals surface area (Å²) in [6, 6.07) is 5.66. The van der Waals surface area contributed by atoms with Crippen molar-refractivity contribution in [3.05, 3.63) is 35.4 Å². The van der Waals surface area contributed by atoms with Gasteiger partial charge in [-0.3, -0.25) is 4.79 Å². The number of amides is 1. The molecule has 21 heavy (non-hydrogen) atoms. The Morgan fingerprint density at radius 1 is 1.33 bits per heavy atom. The fourth-order valence-electron chi connectivity index (χ4n) is 1.44. The van der Waals surface area contributed by atoms with E-state index < -0.39 is 27.3 Å². The SMILES string of the molecule is CC(C)(CNS(=O)(=O)Cc1cccc(C(=O)O)c1)C(N)=O. The van der Waals surface area contributed by atoms with Crippen LogP contribution in [0.3, 0.4) is 0 Å². The molecule has 0 aliphatic rings. The van der Waals surface area contributed by atoms with Gasteiger partial charge in [-0.25, -0.2) is 17.9 Å². The standard InChI is InChI=1S/C13H18N2O5S/c1-13(2,12(14)18)8-15-21(19,20)7-9-4-3-5-10(6-9)11(16)17/h3-6,15H,7-8H2,1-2H3,(H2,14,18)(H,16,17). The predicted molar refractivity (Wildman–Crippen MR) is 77.0 cm³/mol. The third kappa shape index (κ3) is 5.16. The van der Waals surface area contributed by atoms with Crippen molar-refractivity contribution in [3.8, 4) is 0 Å². The molecular formula is C13H18N2O5S. The topological polar surface area (TPSA) is 127 Å². The summed E-state index contributed by atoms with van der Waals surface area (Å²) in [6.07, 6.45) is 0. The van der Waals surface area contributed by atoms with E-state index in [4.69, 9.17) is 10.8 Å². The fraction of sp³-hybridized carbons (Fsp3) is 0.385. The Hall–Kier alpha value is -1.93. The van der Waals surface area contributed by atoms with Crippen molar-refractivity contribution in [1.82, 2.24) is 4.72 Å². The van der Waals surface area contributed by atoms with Crippen LogP contribution in [0.4, 0.5) is 0 Å². The zero-order chi connectivity index (χ0) is 16.3. The number of carbonyl (C=O) groups is 2. The van der Waals surface area contributed by atoms with Gasteiger partial charge < -0.3 is 10.8 Å². The predicted octanol–water partition coefficient (Wildman–Crippen LogP) is 0.316. The molecule has 0 radical (unpaired) electrons. The number of nitrogens with one attached hydrogen (secondary N) is 1. The lowest BCUT2D eigenvalue weighted by Crippen LogP contribution is -2.42. The Morgan fingerprint density at radius 3 is 2.48 bits per heavy atom. The number of benzene rings is 1. The molecule has 1 aromatic rings.